The first-order valence-corrected chi connectivity index (χ1v) is 10.6. The Balaban J connectivity index is 1.84. The lowest BCUT2D eigenvalue weighted by Gasteiger charge is -2.22. The van der Waals surface area contributed by atoms with E-state index in [1.54, 1.807) is 31.2 Å². The number of rotatable bonds is 6. The minimum Gasteiger partial charge on any atom is -0.479 e. The lowest BCUT2D eigenvalue weighted by Crippen LogP contribution is -2.32. The highest BCUT2D eigenvalue weighted by Crippen LogP contribution is 2.45. The Morgan fingerprint density at radius 2 is 1.89 bits per heavy atom. The summed E-state index contributed by atoms with van der Waals surface area (Å²) in [5.41, 5.74) is -1.39. The Bertz CT molecular complexity index is 1380. The summed E-state index contributed by atoms with van der Waals surface area (Å²) in [5.74, 6) is -2.03. The van der Waals surface area contributed by atoms with E-state index in [-0.39, 0.29) is 23.3 Å². The van der Waals surface area contributed by atoms with Crippen LogP contribution >= 0.6 is 0 Å². The van der Waals surface area contributed by atoms with Crippen LogP contribution in [0.2, 0.25) is 0 Å². The molecule has 0 spiro atoms. The maximum atomic E-state index is 14.1. The third kappa shape index (κ3) is 4.10. The molecule has 0 fully saturated rings. The summed E-state index contributed by atoms with van der Waals surface area (Å²) in [6.45, 7) is 6.46. The van der Waals surface area contributed by atoms with Gasteiger partial charge in [0.05, 0.1) is 0 Å². The number of nitrogens with zero attached hydrogens (tertiary/aromatic N) is 2. The lowest BCUT2D eigenvalue weighted by atomic mass is 9.84. The van der Waals surface area contributed by atoms with Crippen molar-refractivity contribution in [3.05, 3.63) is 77.1 Å². The number of aliphatic carboxylic acids is 1. The van der Waals surface area contributed by atoms with Gasteiger partial charge in [0, 0.05) is 16.7 Å². The minimum absolute atomic E-state index is 0.103. The number of aromatic nitrogens is 2. The number of hydrogen-bond donors (Lipinski definition) is 2. The fourth-order valence-corrected chi connectivity index (χ4v) is 4.00. The van der Waals surface area contributed by atoms with E-state index >= 15 is 0 Å². The molecule has 0 amide bonds. The van der Waals surface area contributed by atoms with Crippen LogP contribution in [0.3, 0.4) is 0 Å². The van der Waals surface area contributed by atoms with Crippen LogP contribution in [0.5, 0.6) is 0 Å². The molecule has 0 bridgehead atoms. The number of fused-ring (bicyclic) bond motifs is 3. The first kappa shape index (κ1) is 24.2. The molecule has 1 atom stereocenters. The zero-order valence-corrected chi connectivity index (χ0v) is 18.8. The van der Waals surface area contributed by atoms with Gasteiger partial charge in [0.1, 0.15) is 11.3 Å². The van der Waals surface area contributed by atoms with Crippen molar-refractivity contribution in [3.8, 4) is 22.7 Å². The highest BCUT2D eigenvalue weighted by molar-refractivity contribution is 5.82. The summed E-state index contributed by atoms with van der Waals surface area (Å²) >= 11 is 0. The molecule has 1 aromatic carbocycles. The van der Waals surface area contributed by atoms with Crippen LogP contribution in [-0.2, 0) is 29.4 Å². The summed E-state index contributed by atoms with van der Waals surface area (Å²) in [6, 6.07) is 4.56. The number of allylic oxidation sites excluding steroid dienone is 5. The van der Waals surface area contributed by atoms with Gasteiger partial charge < -0.3 is 19.3 Å². The van der Waals surface area contributed by atoms with Gasteiger partial charge in [-0.2, -0.15) is 13.2 Å². The predicted octanol–water partition coefficient (Wildman–Crippen LogP) is 5.55. The summed E-state index contributed by atoms with van der Waals surface area (Å²) in [7, 11) is 0. The molecule has 10 heteroatoms. The lowest BCUT2D eigenvalue weighted by molar-refractivity contribution is -0.157. The Kier molecular flexibility index (Phi) is 6.02. The van der Waals surface area contributed by atoms with E-state index in [0.717, 1.165) is 0 Å². The molecule has 2 aromatic heterocycles. The topological polar surface area (TPSA) is 110 Å². The van der Waals surface area contributed by atoms with E-state index < -0.39 is 34.8 Å². The van der Waals surface area contributed by atoms with E-state index in [0.29, 0.717) is 28.8 Å². The van der Waals surface area contributed by atoms with E-state index in [2.05, 4.69) is 16.9 Å². The van der Waals surface area contributed by atoms with Crippen molar-refractivity contribution in [2.75, 3.05) is 0 Å². The molecule has 0 saturated heterocycles. The minimum atomic E-state index is -4.80. The largest absolute Gasteiger partial charge is 0.479 e. The second kappa shape index (κ2) is 8.70. The number of carboxylic acids is 1. The fourth-order valence-electron chi connectivity index (χ4n) is 4.00. The first-order valence-electron chi connectivity index (χ1n) is 10.6. The number of aliphatic hydroxyl groups is 1. The van der Waals surface area contributed by atoms with Crippen LogP contribution < -0.4 is 0 Å². The molecule has 2 heterocycles. The van der Waals surface area contributed by atoms with Crippen LogP contribution in [0.4, 0.5) is 13.2 Å². The van der Waals surface area contributed by atoms with Crippen molar-refractivity contribution in [1.29, 1.82) is 0 Å². The number of benzene rings is 1. The third-order valence-electron chi connectivity index (χ3n) is 5.91. The summed E-state index contributed by atoms with van der Waals surface area (Å²) in [6.07, 6.45) is 1.72. The van der Waals surface area contributed by atoms with Gasteiger partial charge in [0.25, 0.3) is 0 Å². The Morgan fingerprint density at radius 3 is 2.51 bits per heavy atom. The average molecular weight is 486 g/mol. The Hall–Kier alpha value is -3.92. The summed E-state index contributed by atoms with van der Waals surface area (Å²) < 4.78 is 52.9. The third-order valence-corrected chi connectivity index (χ3v) is 5.91. The van der Waals surface area contributed by atoms with Gasteiger partial charge in [-0.15, -0.1) is 0 Å². The number of hydrogen-bond acceptors (Lipinski definition) is 6. The van der Waals surface area contributed by atoms with Crippen LogP contribution in [0.1, 0.15) is 41.9 Å². The quantitative estimate of drug-likeness (QED) is 0.440. The number of halogens is 3. The van der Waals surface area contributed by atoms with Crippen LogP contribution in [-0.4, -0.2) is 26.5 Å². The van der Waals surface area contributed by atoms with Gasteiger partial charge in [-0.25, -0.2) is 4.79 Å². The van der Waals surface area contributed by atoms with Gasteiger partial charge in [-0.1, -0.05) is 59.4 Å². The Labute approximate surface area is 197 Å². The Morgan fingerprint density at radius 1 is 1.17 bits per heavy atom. The van der Waals surface area contributed by atoms with Gasteiger partial charge in [0.2, 0.25) is 0 Å². The molecule has 1 aliphatic carbocycles. The molecule has 1 aliphatic rings. The van der Waals surface area contributed by atoms with Crippen molar-refractivity contribution < 1.29 is 37.2 Å². The summed E-state index contributed by atoms with van der Waals surface area (Å²) in [4.78, 5) is 11.4. The standard InChI is InChI=1S/C25H21F3N2O5/c1-4-6-7-13(5-2)21-18(25(26,27)28)20(30-34-21)22-17-10-8-14-12-15(24(3,33)23(31)32)9-11-16(14)19(17)29-35-22/h4-7,9,11-12,33H,2,8,10H2,1,3H3,(H,31,32)/b6-4-,13-7+. The van der Waals surface area contributed by atoms with E-state index in [1.165, 1.54) is 25.1 Å². The van der Waals surface area contributed by atoms with Crippen LogP contribution in [0.15, 0.2) is 58.1 Å². The summed E-state index contributed by atoms with van der Waals surface area (Å²) in [5, 5.41) is 27.2. The monoisotopic (exact) mass is 486 g/mol. The second-order valence-corrected chi connectivity index (χ2v) is 8.17. The molecule has 35 heavy (non-hydrogen) atoms. The fraction of sp³-hybridized carbons (Fsp3) is 0.240. The molecule has 1 unspecified atom stereocenters. The van der Waals surface area contributed by atoms with Crippen molar-refractivity contribution in [2.24, 2.45) is 0 Å². The SMILES string of the molecule is C=C/C(=C\C=C/C)c1onc(-c2onc3c2CCc2cc(C(C)(O)C(=O)O)ccc2-3)c1C(F)(F)F. The zero-order valence-electron chi connectivity index (χ0n) is 18.8. The zero-order chi connectivity index (χ0) is 25.5. The van der Waals surface area contributed by atoms with Crippen molar-refractivity contribution in [3.63, 3.8) is 0 Å². The predicted molar refractivity (Wildman–Crippen MR) is 120 cm³/mol. The number of alkyl halides is 3. The van der Waals surface area contributed by atoms with Gasteiger partial charge >= 0.3 is 12.1 Å². The van der Waals surface area contributed by atoms with Crippen molar-refractivity contribution >= 4 is 11.5 Å². The molecule has 0 aliphatic heterocycles. The molecule has 0 saturated carbocycles. The molecule has 2 N–H and O–H groups in total. The van der Waals surface area contributed by atoms with E-state index in [4.69, 9.17) is 9.05 Å². The van der Waals surface area contributed by atoms with E-state index in [9.17, 15) is 28.2 Å². The van der Waals surface area contributed by atoms with Crippen LogP contribution in [0, 0.1) is 0 Å². The molecule has 7 nitrogen and oxygen atoms in total. The maximum absolute atomic E-state index is 14.1. The molecule has 182 valence electrons. The van der Waals surface area contributed by atoms with Crippen LogP contribution in [0.25, 0.3) is 28.3 Å². The number of carboxylic acid groups (broad SMARTS) is 1. The van der Waals surface area contributed by atoms with Gasteiger partial charge in [-0.3, -0.25) is 0 Å². The first-order chi connectivity index (χ1) is 16.5. The normalized spacial score (nSPS) is 15.5. The average Bonchev–Trinajstić information content (AvgIpc) is 3.43. The molecular formula is C25H21F3N2O5. The second-order valence-electron chi connectivity index (χ2n) is 8.17. The highest BCUT2D eigenvalue weighted by Gasteiger charge is 2.43. The molecule has 4 rings (SSSR count). The molecule has 3 aromatic rings. The maximum Gasteiger partial charge on any atom is 0.422 e. The van der Waals surface area contributed by atoms with Crippen molar-refractivity contribution in [2.45, 2.75) is 38.5 Å². The van der Waals surface area contributed by atoms with Gasteiger partial charge in [0.15, 0.2) is 22.8 Å². The number of carbonyl (C=O) groups is 1. The van der Waals surface area contributed by atoms with Crippen molar-refractivity contribution in [1.82, 2.24) is 10.3 Å². The van der Waals surface area contributed by atoms with Gasteiger partial charge in [-0.05, 0) is 37.8 Å². The van der Waals surface area contributed by atoms with E-state index in [1.807, 2.05) is 0 Å². The highest BCUT2D eigenvalue weighted by atomic mass is 19.4. The molecule has 0 radical (unpaired) electrons. The number of aryl methyl sites for hydroxylation is 1. The molecular weight excluding hydrogens is 465 g/mol. The smallest absolute Gasteiger partial charge is 0.422 e.